The molecule has 3 aliphatic heterocycles. The quantitative estimate of drug-likeness (QED) is 0.390. The molecule has 0 aromatic carbocycles. The molecule has 3 aliphatic rings. The minimum Gasteiger partial charge on any atom is -0.461 e. The van der Waals surface area contributed by atoms with Crippen LogP contribution in [0.25, 0.3) is 0 Å². The largest absolute Gasteiger partial charge is 0.461 e. The van der Waals surface area contributed by atoms with E-state index in [-0.39, 0.29) is 35.3 Å². The molecule has 9 nitrogen and oxygen atoms in total. The number of esters is 3. The molecule has 1 unspecified atom stereocenters. The maximum atomic E-state index is 12.5. The van der Waals surface area contributed by atoms with E-state index in [1.165, 1.54) is 26.8 Å². The van der Waals surface area contributed by atoms with E-state index in [1.807, 2.05) is 0 Å². The highest BCUT2D eigenvalue weighted by atomic mass is 16.7. The van der Waals surface area contributed by atoms with E-state index >= 15 is 0 Å². The third-order valence-electron chi connectivity index (χ3n) is 5.60. The minimum absolute atomic E-state index is 0.0138. The molecule has 4 atom stereocenters. The van der Waals surface area contributed by atoms with Crippen LogP contribution >= 0.6 is 0 Å². The maximum absolute atomic E-state index is 12.5. The van der Waals surface area contributed by atoms with Gasteiger partial charge >= 0.3 is 17.9 Å². The van der Waals surface area contributed by atoms with Gasteiger partial charge in [0, 0.05) is 30.9 Å². The van der Waals surface area contributed by atoms with Crippen molar-refractivity contribution in [1.82, 2.24) is 0 Å². The molecule has 1 fully saturated rings. The Balaban J connectivity index is 2.17. The zero-order chi connectivity index (χ0) is 22.5. The van der Waals surface area contributed by atoms with Crippen molar-refractivity contribution in [2.75, 3.05) is 6.61 Å². The van der Waals surface area contributed by atoms with Gasteiger partial charge < -0.3 is 29.2 Å². The second-order valence-electron chi connectivity index (χ2n) is 8.42. The lowest BCUT2D eigenvalue weighted by molar-refractivity contribution is -0.298. The molecule has 9 heteroatoms. The van der Waals surface area contributed by atoms with Crippen molar-refractivity contribution in [1.29, 1.82) is 0 Å². The summed E-state index contributed by atoms with van der Waals surface area (Å²) in [5.74, 6) is -3.96. The molecule has 3 heterocycles. The zero-order valence-electron chi connectivity index (χ0n) is 17.4. The molecule has 0 spiro atoms. The van der Waals surface area contributed by atoms with Crippen molar-refractivity contribution < 1.29 is 43.5 Å². The van der Waals surface area contributed by atoms with Gasteiger partial charge in [-0.2, -0.15) is 0 Å². The van der Waals surface area contributed by atoms with Crippen molar-refractivity contribution >= 4 is 17.9 Å². The molecule has 0 aliphatic carbocycles. The molecular weight excluding hydrogens is 396 g/mol. The Labute approximate surface area is 173 Å². The second-order valence-corrected chi connectivity index (χ2v) is 8.42. The molecular formula is C21H26O9. The smallest absolute Gasteiger partial charge is 0.343 e. The Kier molecular flexibility index (Phi) is 5.43. The summed E-state index contributed by atoms with van der Waals surface area (Å²) >= 11 is 0. The number of fused-ring (bicyclic) bond motifs is 3. The van der Waals surface area contributed by atoms with E-state index in [1.54, 1.807) is 6.92 Å². The summed E-state index contributed by atoms with van der Waals surface area (Å²) in [5, 5.41) is 22.1. The Morgan fingerprint density at radius 3 is 2.53 bits per heavy atom. The third kappa shape index (κ3) is 3.92. The predicted octanol–water partition coefficient (Wildman–Crippen LogP) is 1.19. The van der Waals surface area contributed by atoms with Crippen LogP contribution in [0, 0.1) is 0 Å². The lowest BCUT2D eigenvalue weighted by atomic mass is 9.82. The first-order valence-corrected chi connectivity index (χ1v) is 9.60. The average Bonchev–Trinajstić information content (AvgIpc) is 3.09. The van der Waals surface area contributed by atoms with Crippen LogP contribution in [0.1, 0.15) is 47.0 Å². The van der Waals surface area contributed by atoms with Crippen LogP contribution in [0.4, 0.5) is 0 Å². The zero-order valence-corrected chi connectivity index (χ0v) is 17.4. The summed E-state index contributed by atoms with van der Waals surface area (Å²) in [6, 6.07) is 0. The molecule has 2 bridgehead atoms. The fourth-order valence-corrected chi connectivity index (χ4v) is 3.86. The highest BCUT2D eigenvalue weighted by molar-refractivity contribution is 5.96. The minimum atomic E-state index is -1.91. The first kappa shape index (κ1) is 22.2. The molecule has 2 N–H and O–H groups in total. The first-order valence-electron chi connectivity index (χ1n) is 9.60. The number of hydrogen-bond acceptors (Lipinski definition) is 9. The first-order chi connectivity index (χ1) is 13.8. The van der Waals surface area contributed by atoms with E-state index in [0.717, 1.165) is 0 Å². The standard InChI is InChI=1S/C21H26O9/c1-11(2)17(23)28-15-9-20(5,25)21(26)7-6-19(4,30-21)8-14-16(15)13(18(24)29-14)10-27-12(3)22/h8,15,25-26H,1,6-7,9-10H2,2-5H3/b14-8+/t15?,19-,20-,21+/m1/s1. The Morgan fingerprint density at radius 1 is 1.27 bits per heavy atom. The van der Waals surface area contributed by atoms with Crippen molar-refractivity contribution in [3.05, 3.63) is 35.1 Å². The lowest BCUT2D eigenvalue weighted by Gasteiger charge is -2.40. The van der Waals surface area contributed by atoms with Crippen LogP contribution in [-0.4, -0.2) is 57.8 Å². The van der Waals surface area contributed by atoms with Crippen LogP contribution < -0.4 is 0 Å². The van der Waals surface area contributed by atoms with Gasteiger partial charge in [-0.1, -0.05) is 6.58 Å². The number of hydrogen-bond donors (Lipinski definition) is 2. The second kappa shape index (κ2) is 7.33. The highest BCUT2D eigenvalue weighted by Gasteiger charge is 2.58. The van der Waals surface area contributed by atoms with Gasteiger partial charge in [-0.25, -0.2) is 9.59 Å². The molecule has 0 saturated carbocycles. The van der Waals surface area contributed by atoms with Gasteiger partial charge in [-0.05, 0) is 33.3 Å². The lowest BCUT2D eigenvalue weighted by Crippen LogP contribution is -2.54. The van der Waals surface area contributed by atoms with Gasteiger partial charge in [0.25, 0.3) is 0 Å². The Bertz CT molecular complexity index is 881. The molecule has 30 heavy (non-hydrogen) atoms. The van der Waals surface area contributed by atoms with Crippen molar-refractivity contribution in [3.8, 4) is 0 Å². The molecule has 0 aromatic heterocycles. The Morgan fingerprint density at radius 2 is 1.93 bits per heavy atom. The fraction of sp³-hybridized carbons (Fsp3) is 0.571. The van der Waals surface area contributed by atoms with Crippen LogP contribution in [0.3, 0.4) is 0 Å². The number of aliphatic hydroxyl groups is 2. The van der Waals surface area contributed by atoms with Gasteiger partial charge in [0.05, 0.1) is 11.2 Å². The van der Waals surface area contributed by atoms with Crippen LogP contribution in [-0.2, 0) is 33.3 Å². The molecule has 0 aromatic rings. The molecule has 1 saturated heterocycles. The van der Waals surface area contributed by atoms with Crippen molar-refractivity contribution in [2.24, 2.45) is 0 Å². The van der Waals surface area contributed by atoms with E-state index in [0.29, 0.717) is 6.42 Å². The summed E-state index contributed by atoms with van der Waals surface area (Å²) in [7, 11) is 0. The van der Waals surface area contributed by atoms with Crippen LogP contribution in [0.15, 0.2) is 35.1 Å². The summed E-state index contributed by atoms with van der Waals surface area (Å²) in [6.07, 6.45) is 0.495. The average molecular weight is 422 g/mol. The summed E-state index contributed by atoms with van der Waals surface area (Å²) in [4.78, 5) is 36.1. The molecule has 0 amide bonds. The van der Waals surface area contributed by atoms with E-state index in [4.69, 9.17) is 18.9 Å². The maximum Gasteiger partial charge on any atom is 0.343 e. The third-order valence-corrected chi connectivity index (χ3v) is 5.60. The van der Waals surface area contributed by atoms with Gasteiger partial charge in [-0.15, -0.1) is 0 Å². The fourth-order valence-electron chi connectivity index (χ4n) is 3.86. The number of carbonyl (C=O) groups is 3. The van der Waals surface area contributed by atoms with Crippen LogP contribution in [0.2, 0.25) is 0 Å². The topological polar surface area (TPSA) is 129 Å². The van der Waals surface area contributed by atoms with E-state index in [2.05, 4.69) is 6.58 Å². The summed E-state index contributed by atoms with van der Waals surface area (Å²) < 4.78 is 21.7. The van der Waals surface area contributed by atoms with Crippen molar-refractivity contribution in [2.45, 2.75) is 70.1 Å². The molecule has 164 valence electrons. The van der Waals surface area contributed by atoms with Crippen molar-refractivity contribution in [3.63, 3.8) is 0 Å². The molecule has 3 rings (SSSR count). The summed E-state index contributed by atoms with van der Waals surface area (Å²) in [5.41, 5.74) is -2.64. The molecule has 0 radical (unpaired) electrons. The van der Waals surface area contributed by atoms with Gasteiger partial charge in [0.1, 0.15) is 24.1 Å². The number of carbonyl (C=O) groups excluding carboxylic acids is 3. The van der Waals surface area contributed by atoms with Gasteiger partial charge in [0.15, 0.2) is 5.79 Å². The van der Waals surface area contributed by atoms with E-state index in [9.17, 15) is 24.6 Å². The normalized spacial score (nSPS) is 37.2. The van der Waals surface area contributed by atoms with Gasteiger partial charge in [0.2, 0.25) is 0 Å². The van der Waals surface area contributed by atoms with Crippen LogP contribution in [0.5, 0.6) is 0 Å². The number of ether oxygens (including phenoxy) is 4. The van der Waals surface area contributed by atoms with E-state index < -0.39 is 47.6 Å². The summed E-state index contributed by atoms with van der Waals surface area (Å²) in [6.45, 7) is 8.86. The Hall–Kier alpha value is -2.49. The monoisotopic (exact) mass is 422 g/mol. The van der Waals surface area contributed by atoms with Gasteiger partial charge in [-0.3, -0.25) is 4.79 Å². The predicted molar refractivity (Wildman–Crippen MR) is 101 cm³/mol. The highest BCUT2D eigenvalue weighted by Crippen LogP contribution is 2.49. The number of rotatable bonds is 4. The SMILES string of the molecule is C=C(C)C(=O)OC1C[C@@](C)(O)[C@]2(O)CC[C@](C)(/C=C3/OC(=O)C(COC(C)=O)=C31)O2.